The first-order valence-electron chi connectivity index (χ1n) is 5.60. The van der Waals surface area contributed by atoms with Crippen LogP contribution in [0.1, 0.15) is 20.8 Å². The van der Waals surface area contributed by atoms with E-state index in [2.05, 4.69) is 4.98 Å². The molecule has 0 aromatic carbocycles. The lowest BCUT2D eigenvalue weighted by molar-refractivity contribution is 0.0589. The van der Waals surface area contributed by atoms with Crippen LogP contribution in [0.3, 0.4) is 0 Å². The van der Waals surface area contributed by atoms with Gasteiger partial charge in [0.2, 0.25) is 0 Å². The third kappa shape index (κ3) is 4.38. The molecule has 1 amide bonds. The smallest absolute Gasteiger partial charge is 0.443 e. The number of hydrogen-bond acceptors (Lipinski definition) is 5. The lowest BCUT2D eigenvalue weighted by Crippen LogP contribution is -2.36. The summed E-state index contributed by atoms with van der Waals surface area (Å²) in [5.74, 6) is 0. The zero-order chi connectivity index (χ0) is 14.8. The van der Waals surface area contributed by atoms with Gasteiger partial charge in [0.1, 0.15) is 5.60 Å². The van der Waals surface area contributed by atoms with Crippen LogP contribution in [0, 0.1) is 0 Å². The van der Waals surface area contributed by atoms with Crippen molar-refractivity contribution in [2.45, 2.75) is 26.4 Å². The molecule has 6 nitrogen and oxygen atoms in total. The SMILES string of the molecule is CN(C(=O)OC(C)(C)C)c1cc(B(O)O)cnc1Cl. The van der Waals surface area contributed by atoms with Crippen molar-refractivity contribution < 1.29 is 19.6 Å². The molecule has 1 aromatic rings. The molecule has 0 saturated heterocycles. The Labute approximate surface area is 117 Å². The van der Waals surface area contributed by atoms with E-state index < -0.39 is 18.8 Å². The predicted molar refractivity (Wildman–Crippen MR) is 73.7 cm³/mol. The van der Waals surface area contributed by atoms with Crippen molar-refractivity contribution in [1.29, 1.82) is 0 Å². The van der Waals surface area contributed by atoms with Gasteiger partial charge >= 0.3 is 13.2 Å². The number of ether oxygens (including phenoxy) is 1. The zero-order valence-corrected chi connectivity index (χ0v) is 12.0. The van der Waals surface area contributed by atoms with Crippen LogP contribution >= 0.6 is 11.6 Å². The van der Waals surface area contributed by atoms with Gasteiger partial charge in [-0.1, -0.05) is 11.6 Å². The number of halogens is 1. The molecule has 0 spiro atoms. The maximum Gasteiger partial charge on any atom is 0.490 e. The molecule has 0 saturated carbocycles. The molecule has 19 heavy (non-hydrogen) atoms. The normalized spacial score (nSPS) is 11.1. The molecule has 0 aliphatic rings. The Hall–Kier alpha value is -1.31. The van der Waals surface area contributed by atoms with Gasteiger partial charge in [-0.25, -0.2) is 9.78 Å². The average molecular weight is 287 g/mol. The van der Waals surface area contributed by atoms with Crippen molar-refractivity contribution in [3.8, 4) is 0 Å². The Bertz CT molecular complexity index is 476. The van der Waals surface area contributed by atoms with Crippen LogP contribution in [0.2, 0.25) is 5.15 Å². The summed E-state index contributed by atoms with van der Waals surface area (Å²) in [5.41, 5.74) is -0.268. The molecule has 8 heteroatoms. The van der Waals surface area contributed by atoms with Gasteiger partial charge in [-0.2, -0.15) is 0 Å². The number of hydrogen-bond donors (Lipinski definition) is 2. The van der Waals surface area contributed by atoms with Gasteiger partial charge in [-0.15, -0.1) is 0 Å². The molecule has 0 fully saturated rings. The van der Waals surface area contributed by atoms with E-state index in [0.717, 1.165) is 4.90 Å². The van der Waals surface area contributed by atoms with Gasteiger partial charge < -0.3 is 14.8 Å². The standard InChI is InChI=1S/C11H16BClN2O4/c1-11(2,3)19-10(16)15(4)8-5-7(12(17)18)6-14-9(8)13/h5-6,17-18H,1-4H3. The quantitative estimate of drug-likeness (QED) is 0.620. The summed E-state index contributed by atoms with van der Waals surface area (Å²) >= 11 is 5.89. The number of rotatable bonds is 2. The van der Waals surface area contributed by atoms with Gasteiger partial charge in [-0.3, -0.25) is 4.90 Å². The van der Waals surface area contributed by atoms with Crippen LogP contribution < -0.4 is 10.4 Å². The second-order valence-corrected chi connectivity index (χ2v) is 5.35. The first-order valence-corrected chi connectivity index (χ1v) is 5.98. The molecular formula is C11H16BClN2O4. The Balaban J connectivity index is 3.01. The molecule has 104 valence electrons. The molecular weight excluding hydrogens is 270 g/mol. The molecule has 2 N–H and O–H groups in total. The largest absolute Gasteiger partial charge is 0.490 e. The maximum atomic E-state index is 11.9. The van der Waals surface area contributed by atoms with Crippen LogP contribution in [0.15, 0.2) is 12.3 Å². The van der Waals surface area contributed by atoms with E-state index in [-0.39, 0.29) is 16.3 Å². The summed E-state index contributed by atoms with van der Waals surface area (Å²) in [6, 6.07) is 1.36. The number of carbonyl (C=O) groups is 1. The van der Waals surface area contributed by atoms with Gasteiger partial charge in [0.05, 0.1) is 5.69 Å². The number of nitrogens with zero attached hydrogens (tertiary/aromatic N) is 2. The molecule has 0 radical (unpaired) electrons. The van der Waals surface area contributed by atoms with Crippen molar-refractivity contribution in [3.05, 3.63) is 17.4 Å². The molecule has 0 bridgehead atoms. The lowest BCUT2D eigenvalue weighted by atomic mass is 9.81. The molecule has 0 atom stereocenters. The summed E-state index contributed by atoms with van der Waals surface area (Å²) < 4.78 is 5.18. The van der Waals surface area contributed by atoms with E-state index >= 15 is 0 Å². The molecule has 1 aromatic heterocycles. The number of carbonyl (C=O) groups excluding carboxylic acids is 1. The fraction of sp³-hybridized carbons (Fsp3) is 0.455. The van der Waals surface area contributed by atoms with Crippen molar-refractivity contribution in [1.82, 2.24) is 4.98 Å². The fourth-order valence-corrected chi connectivity index (χ4v) is 1.49. The summed E-state index contributed by atoms with van der Waals surface area (Å²) in [5, 5.41) is 18.2. The van der Waals surface area contributed by atoms with Crippen LogP contribution in [-0.4, -0.2) is 40.9 Å². The van der Waals surface area contributed by atoms with E-state index in [1.54, 1.807) is 20.8 Å². The highest BCUT2D eigenvalue weighted by molar-refractivity contribution is 6.58. The maximum absolute atomic E-state index is 11.9. The number of aromatic nitrogens is 1. The summed E-state index contributed by atoms with van der Waals surface area (Å²) in [6.07, 6.45) is 0.611. The van der Waals surface area contributed by atoms with E-state index in [9.17, 15) is 4.79 Å². The topological polar surface area (TPSA) is 82.9 Å². The highest BCUT2D eigenvalue weighted by Gasteiger charge is 2.23. The van der Waals surface area contributed by atoms with Gasteiger partial charge in [0, 0.05) is 18.7 Å². The highest BCUT2D eigenvalue weighted by Crippen LogP contribution is 2.22. The van der Waals surface area contributed by atoms with Crippen molar-refractivity contribution in [2.75, 3.05) is 11.9 Å². The van der Waals surface area contributed by atoms with Crippen LogP contribution in [0.25, 0.3) is 0 Å². The number of amides is 1. The second-order valence-electron chi connectivity index (χ2n) is 4.99. The predicted octanol–water partition coefficient (Wildman–Crippen LogP) is 0.786. The van der Waals surface area contributed by atoms with Crippen LogP contribution in [0.4, 0.5) is 10.5 Å². The minimum Gasteiger partial charge on any atom is -0.443 e. The van der Waals surface area contributed by atoms with Gasteiger partial charge in [0.15, 0.2) is 5.15 Å². The Kier molecular flexibility index (Phi) is 4.78. The monoisotopic (exact) mass is 286 g/mol. The number of anilines is 1. The molecule has 0 aliphatic heterocycles. The van der Waals surface area contributed by atoms with E-state index in [1.807, 2.05) is 0 Å². The first-order chi connectivity index (χ1) is 8.61. The van der Waals surface area contributed by atoms with E-state index in [4.69, 9.17) is 26.4 Å². The third-order valence-corrected chi connectivity index (χ3v) is 2.46. The lowest BCUT2D eigenvalue weighted by Gasteiger charge is -2.25. The summed E-state index contributed by atoms with van der Waals surface area (Å²) in [6.45, 7) is 5.23. The minimum atomic E-state index is -1.68. The third-order valence-electron chi connectivity index (χ3n) is 2.17. The molecule has 0 aliphatic carbocycles. The van der Waals surface area contributed by atoms with Crippen LogP contribution in [-0.2, 0) is 4.74 Å². The Morgan fingerprint density at radius 1 is 1.47 bits per heavy atom. The van der Waals surface area contributed by atoms with Crippen LogP contribution in [0.5, 0.6) is 0 Å². The molecule has 1 rings (SSSR count). The van der Waals surface area contributed by atoms with E-state index in [0.29, 0.717) is 0 Å². The second kappa shape index (κ2) is 5.77. The van der Waals surface area contributed by atoms with Gasteiger partial charge in [-0.05, 0) is 26.8 Å². The summed E-state index contributed by atoms with van der Waals surface area (Å²) in [7, 11) is -0.222. The Morgan fingerprint density at radius 2 is 2.05 bits per heavy atom. The molecule has 0 unspecified atom stereocenters. The highest BCUT2D eigenvalue weighted by atomic mass is 35.5. The minimum absolute atomic E-state index is 0.0674. The molecule has 1 heterocycles. The zero-order valence-electron chi connectivity index (χ0n) is 11.2. The fourth-order valence-electron chi connectivity index (χ4n) is 1.26. The van der Waals surface area contributed by atoms with Crippen molar-refractivity contribution >= 4 is 36.0 Å². The van der Waals surface area contributed by atoms with E-state index in [1.165, 1.54) is 19.3 Å². The first kappa shape index (κ1) is 15.8. The average Bonchev–Trinajstić information content (AvgIpc) is 2.26. The number of pyridine rings is 1. The van der Waals surface area contributed by atoms with Crippen molar-refractivity contribution in [2.24, 2.45) is 0 Å². The van der Waals surface area contributed by atoms with Crippen molar-refractivity contribution in [3.63, 3.8) is 0 Å². The Morgan fingerprint density at radius 3 is 2.53 bits per heavy atom. The summed E-state index contributed by atoms with van der Waals surface area (Å²) in [4.78, 5) is 16.8. The van der Waals surface area contributed by atoms with Gasteiger partial charge in [0.25, 0.3) is 0 Å².